The summed E-state index contributed by atoms with van der Waals surface area (Å²) in [5.41, 5.74) is 0.726. The first kappa shape index (κ1) is 19.2. The van der Waals surface area contributed by atoms with E-state index >= 15 is 0 Å². The van der Waals surface area contributed by atoms with Crippen LogP contribution in [0.4, 0.5) is 5.69 Å². The van der Waals surface area contributed by atoms with Crippen molar-refractivity contribution in [3.05, 3.63) is 90.0 Å². The van der Waals surface area contributed by atoms with Gasteiger partial charge in [0.25, 0.3) is 10.0 Å². The van der Waals surface area contributed by atoms with Crippen molar-refractivity contribution in [3.63, 3.8) is 0 Å². The van der Waals surface area contributed by atoms with E-state index in [0.29, 0.717) is 5.56 Å². The van der Waals surface area contributed by atoms with Crippen LogP contribution in [0.1, 0.15) is 15.9 Å². The molecule has 28 heavy (non-hydrogen) atoms. The number of benzene rings is 3. The summed E-state index contributed by atoms with van der Waals surface area (Å²) in [7, 11) is -3.99. The van der Waals surface area contributed by atoms with Crippen LogP contribution in [0.25, 0.3) is 6.08 Å². The highest BCUT2D eigenvalue weighted by Gasteiger charge is 2.18. The second-order valence-corrected chi connectivity index (χ2v) is 7.59. The Hall–Kier alpha value is -3.58. The quantitative estimate of drug-likeness (QED) is 0.435. The van der Waals surface area contributed by atoms with E-state index in [1.54, 1.807) is 30.3 Å². The normalized spacial score (nSPS) is 11.4. The highest BCUT2D eigenvalue weighted by molar-refractivity contribution is 7.92. The van der Waals surface area contributed by atoms with Crippen molar-refractivity contribution in [1.29, 1.82) is 0 Å². The van der Waals surface area contributed by atoms with Gasteiger partial charge in [0.2, 0.25) is 0 Å². The summed E-state index contributed by atoms with van der Waals surface area (Å²) in [4.78, 5) is 12.5. The molecule has 0 fully saturated rings. The summed E-state index contributed by atoms with van der Waals surface area (Å²) in [6, 6.07) is 18.0. The lowest BCUT2D eigenvalue weighted by atomic mass is 10.1. The van der Waals surface area contributed by atoms with Crippen LogP contribution in [-0.4, -0.2) is 24.4 Å². The van der Waals surface area contributed by atoms with Gasteiger partial charge in [0.05, 0.1) is 10.6 Å². The van der Waals surface area contributed by atoms with Crippen LogP contribution >= 0.6 is 0 Å². The number of rotatable bonds is 6. The number of anilines is 1. The van der Waals surface area contributed by atoms with Crippen molar-refractivity contribution in [2.24, 2.45) is 0 Å². The van der Waals surface area contributed by atoms with E-state index < -0.39 is 15.8 Å². The summed E-state index contributed by atoms with van der Waals surface area (Å²) >= 11 is 0. The fourth-order valence-corrected chi connectivity index (χ4v) is 3.64. The second kappa shape index (κ2) is 7.98. The number of nitrogens with one attached hydrogen (secondary N) is 1. The molecule has 0 radical (unpaired) electrons. The lowest BCUT2D eigenvalue weighted by Crippen LogP contribution is -2.15. The van der Waals surface area contributed by atoms with E-state index in [2.05, 4.69) is 4.72 Å². The number of phenolic OH excluding ortho intramolecular Hbond substituents is 2. The molecule has 0 heterocycles. The maximum atomic E-state index is 12.6. The number of para-hydroxylation sites is 2. The molecule has 3 N–H and O–H groups in total. The molecule has 0 unspecified atom stereocenters. The smallest absolute Gasteiger partial charge is 0.262 e. The molecule has 6 nitrogen and oxygen atoms in total. The van der Waals surface area contributed by atoms with Crippen molar-refractivity contribution in [3.8, 4) is 11.5 Å². The van der Waals surface area contributed by atoms with Crippen LogP contribution in [0.5, 0.6) is 11.5 Å². The number of hydrogen-bond donors (Lipinski definition) is 3. The molecule has 142 valence electrons. The molecule has 3 rings (SSSR count). The van der Waals surface area contributed by atoms with E-state index in [-0.39, 0.29) is 27.6 Å². The molecule has 0 saturated carbocycles. The first-order chi connectivity index (χ1) is 13.4. The lowest BCUT2D eigenvalue weighted by Gasteiger charge is -2.11. The second-order valence-electron chi connectivity index (χ2n) is 5.90. The van der Waals surface area contributed by atoms with Crippen LogP contribution in [0, 0.1) is 0 Å². The van der Waals surface area contributed by atoms with Crippen molar-refractivity contribution < 1.29 is 23.4 Å². The lowest BCUT2D eigenvalue weighted by molar-refractivity contribution is 0.104. The van der Waals surface area contributed by atoms with Gasteiger partial charge in [-0.3, -0.25) is 9.52 Å². The van der Waals surface area contributed by atoms with Gasteiger partial charge >= 0.3 is 0 Å². The van der Waals surface area contributed by atoms with Crippen LogP contribution < -0.4 is 4.72 Å². The van der Waals surface area contributed by atoms with Crippen molar-refractivity contribution in [2.45, 2.75) is 4.90 Å². The zero-order valence-corrected chi connectivity index (χ0v) is 15.4. The van der Waals surface area contributed by atoms with E-state index in [9.17, 15) is 23.4 Å². The molecule has 0 amide bonds. The largest absolute Gasteiger partial charge is 0.508 e. The standard InChI is InChI=1S/C21H17NO5S/c23-16-7-5-8-17(14-16)28(26,27)22-19-10-3-2-9-18(19)21(25)13-12-15-6-1-4-11-20(15)24/h1-14,22-24H/b13-12+. The maximum absolute atomic E-state index is 12.6. The number of hydrogen-bond acceptors (Lipinski definition) is 5. The average Bonchev–Trinajstić information content (AvgIpc) is 2.67. The Morgan fingerprint density at radius 1 is 0.893 bits per heavy atom. The monoisotopic (exact) mass is 395 g/mol. The van der Waals surface area contributed by atoms with Gasteiger partial charge in [0.1, 0.15) is 11.5 Å². The Kier molecular flexibility index (Phi) is 5.47. The third-order valence-corrected chi connectivity index (χ3v) is 5.28. The summed E-state index contributed by atoms with van der Waals surface area (Å²) < 4.78 is 27.5. The zero-order chi connectivity index (χ0) is 20.1. The van der Waals surface area contributed by atoms with Crippen molar-refractivity contribution >= 4 is 27.6 Å². The number of ketones is 1. The highest BCUT2D eigenvalue weighted by atomic mass is 32.2. The molecule has 0 aliphatic heterocycles. The van der Waals surface area contributed by atoms with Crippen molar-refractivity contribution in [1.82, 2.24) is 0 Å². The van der Waals surface area contributed by atoms with E-state index in [4.69, 9.17) is 0 Å². The van der Waals surface area contributed by atoms with Gasteiger partial charge in [0.15, 0.2) is 5.78 Å². The van der Waals surface area contributed by atoms with Gasteiger partial charge in [-0.15, -0.1) is 0 Å². The zero-order valence-electron chi connectivity index (χ0n) is 14.6. The Labute approximate surface area is 162 Å². The third kappa shape index (κ3) is 4.39. The molecule has 0 spiro atoms. The minimum Gasteiger partial charge on any atom is -0.508 e. The average molecular weight is 395 g/mol. The van der Waals surface area contributed by atoms with Crippen molar-refractivity contribution in [2.75, 3.05) is 4.72 Å². The number of carbonyl (C=O) groups excluding carboxylic acids is 1. The van der Waals surface area contributed by atoms with Crippen LogP contribution in [-0.2, 0) is 10.0 Å². The fourth-order valence-electron chi connectivity index (χ4n) is 2.53. The minimum atomic E-state index is -3.99. The number of phenols is 2. The summed E-state index contributed by atoms with van der Waals surface area (Å²) in [5.74, 6) is -0.584. The highest BCUT2D eigenvalue weighted by Crippen LogP contribution is 2.23. The van der Waals surface area contributed by atoms with Gasteiger partial charge in [-0.2, -0.15) is 0 Å². The first-order valence-corrected chi connectivity index (χ1v) is 9.76. The molecule has 0 aromatic heterocycles. The molecule has 0 atom stereocenters. The summed E-state index contributed by atoms with van der Waals surface area (Å²) in [5, 5.41) is 19.3. The SMILES string of the molecule is O=C(/C=C/c1ccccc1O)c1ccccc1NS(=O)(=O)c1cccc(O)c1. The van der Waals surface area contributed by atoms with Gasteiger partial charge in [-0.1, -0.05) is 36.4 Å². The van der Waals surface area contributed by atoms with Gasteiger partial charge < -0.3 is 10.2 Å². The molecule has 0 aliphatic rings. The number of sulfonamides is 1. The van der Waals surface area contributed by atoms with E-state index in [0.717, 1.165) is 6.07 Å². The predicted octanol–water partition coefficient (Wildman–Crippen LogP) is 3.79. The molecule has 3 aromatic rings. The van der Waals surface area contributed by atoms with Gasteiger partial charge in [-0.25, -0.2) is 8.42 Å². The molecular formula is C21H17NO5S. The van der Waals surface area contributed by atoms with Gasteiger partial charge in [0, 0.05) is 17.2 Å². The molecule has 3 aromatic carbocycles. The van der Waals surface area contributed by atoms with Gasteiger partial charge in [-0.05, 0) is 42.5 Å². The number of allylic oxidation sites excluding steroid dienone is 1. The van der Waals surface area contributed by atoms with Crippen LogP contribution in [0.15, 0.2) is 83.8 Å². The predicted molar refractivity (Wildman–Crippen MR) is 107 cm³/mol. The maximum Gasteiger partial charge on any atom is 0.262 e. The first-order valence-electron chi connectivity index (χ1n) is 8.28. The van der Waals surface area contributed by atoms with E-state index in [1.165, 1.54) is 48.6 Å². The molecular weight excluding hydrogens is 378 g/mol. The fraction of sp³-hybridized carbons (Fsp3) is 0. The summed E-state index contributed by atoms with van der Waals surface area (Å²) in [6.45, 7) is 0. The third-order valence-electron chi connectivity index (χ3n) is 3.92. The number of carbonyl (C=O) groups is 1. The van der Waals surface area contributed by atoms with Crippen LogP contribution in [0.2, 0.25) is 0 Å². The Balaban J connectivity index is 1.89. The van der Waals surface area contributed by atoms with Crippen LogP contribution in [0.3, 0.4) is 0 Å². The topological polar surface area (TPSA) is 104 Å². The minimum absolute atomic E-state index is 0.0319. The number of aromatic hydroxyl groups is 2. The Morgan fingerprint density at radius 2 is 1.61 bits per heavy atom. The molecule has 0 saturated heterocycles. The molecule has 7 heteroatoms. The summed E-state index contributed by atoms with van der Waals surface area (Å²) in [6.07, 6.45) is 2.72. The Bertz CT molecular complexity index is 1150. The van der Waals surface area contributed by atoms with E-state index in [1.807, 2.05) is 0 Å². The Morgan fingerprint density at radius 3 is 2.36 bits per heavy atom. The molecule has 0 bridgehead atoms. The molecule has 0 aliphatic carbocycles.